The van der Waals surface area contributed by atoms with Crippen molar-refractivity contribution in [2.24, 2.45) is 5.92 Å². The molecule has 3 nitrogen and oxygen atoms in total. The fraction of sp³-hybridized carbons (Fsp3) is 0.417. The molecular weight excluding hydrogens is 190 g/mol. The summed E-state index contributed by atoms with van der Waals surface area (Å²) in [5.41, 5.74) is 1.98. The van der Waals surface area contributed by atoms with Gasteiger partial charge in [-0.05, 0) is 30.0 Å². The van der Waals surface area contributed by atoms with Gasteiger partial charge in [-0.2, -0.15) is 0 Å². The Bertz CT molecular complexity index is 317. The molecule has 1 amide bonds. The molecule has 0 saturated heterocycles. The van der Waals surface area contributed by atoms with Crippen LogP contribution in [0.5, 0.6) is 0 Å². The highest BCUT2D eigenvalue weighted by atomic mass is 16.3. The lowest BCUT2D eigenvalue weighted by Crippen LogP contribution is -2.15. The van der Waals surface area contributed by atoms with Gasteiger partial charge < -0.3 is 10.4 Å². The highest BCUT2D eigenvalue weighted by Gasteiger charge is 2.00. The lowest BCUT2D eigenvalue weighted by Gasteiger charge is -2.07. The first-order valence-electron chi connectivity index (χ1n) is 5.11. The van der Waals surface area contributed by atoms with Crippen LogP contribution in [0, 0.1) is 5.92 Å². The summed E-state index contributed by atoms with van der Waals surface area (Å²) in [7, 11) is 0. The largest absolute Gasteiger partial charge is 0.387 e. The van der Waals surface area contributed by atoms with Crippen LogP contribution in [0.4, 0.5) is 5.69 Å². The second-order valence-corrected chi connectivity index (χ2v) is 4.00. The van der Waals surface area contributed by atoms with Crippen LogP contribution >= 0.6 is 0 Å². The molecule has 0 aliphatic heterocycles. The Balaban J connectivity index is 2.60. The van der Waals surface area contributed by atoms with E-state index in [0.717, 1.165) is 12.1 Å². The van der Waals surface area contributed by atoms with Crippen molar-refractivity contribution in [1.29, 1.82) is 0 Å². The Morgan fingerprint density at radius 1 is 1.33 bits per heavy atom. The second kappa shape index (κ2) is 5.51. The summed E-state index contributed by atoms with van der Waals surface area (Å²) in [5, 5.41) is 11.1. The Morgan fingerprint density at radius 3 is 2.40 bits per heavy atom. The number of hydrogen-bond acceptors (Lipinski definition) is 2. The first-order valence-corrected chi connectivity index (χ1v) is 5.11. The summed E-state index contributed by atoms with van der Waals surface area (Å²) < 4.78 is 0. The Hall–Kier alpha value is -1.35. The molecule has 0 fully saturated rings. The molecule has 15 heavy (non-hydrogen) atoms. The third-order valence-electron chi connectivity index (χ3n) is 2.03. The maximum absolute atomic E-state index is 10.9. The SMILES string of the molecule is CC(C)Cc1ccc(NC(=O)CO)cc1. The Kier molecular flexibility index (Phi) is 4.31. The van der Waals surface area contributed by atoms with Gasteiger partial charge in [-0.1, -0.05) is 26.0 Å². The average Bonchev–Trinajstić information content (AvgIpc) is 2.20. The number of anilines is 1. The molecule has 0 spiro atoms. The molecule has 1 rings (SSSR count). The van der Waals surface area contributed by atoms with E-state index < -0.39 is 6.61 Å². The molecule has 0 heterocycles. The molecular formula is C12H17NO2. The van der Waals surface area contributed by atoms with Crippen molar-refractivity contribution in [1.82, 2.24) is 0 Å². The van der Waals surface area contributed by atoms with Crippen LogP contribution < -0.4 is 5.32 Å². The van der Waals surface area contributed by atoms with Crippen LogP contribution in [-0.4, -0.2) is 17.6 Å². The lowest BCUT2D eigenvalue weighted by atomic mass is 10.0. The molecule has 0 bridgehead atoms. The van der Waals surface area contributed by atoms with Crippen molar-refractivity contribution in [3.8, 4) is 0 Å². The summed E-state index contributed by atoms with van der Waals surface area (Å²) in [5.74, 6) is 0.245. The van der Waals surface area contributed by atoms with E-state index in [4.69, 9.17) is 5.11 Å². The van der Waals surface area contributed by atoms with Gasteiger partial charge in [0, 0.05) is 5.69 Å². The summed E-state index contributed by atoms with van der Waals surface area (Å²) >= 11 is 0. The zero-order valence-corrected chi connectivity index (χ0v) is 9.16. The molecule has 0 aromatic heterocycles. The smallest absolute Gasteiger partial charge is 0.250 e. The minimum atomic E-state index is -0.478. The molecule has 0 aliphatic rings. The number of carbonyl (C=O) groups is 1. The van der Waals surface area contributed by atoms with E-state index in [1.54, 1.807) is 0 Å². The molecule has 0 unspecified atom stereocenters. The first-order chi connectivity index (χ1) is 7.11. The van der Waals surface area contributed by atoms with Crippen LogP contribution in [0.25, 0.3) is 0 Å². The zero-order valence-electron chi connectivity index (χ0n) is 9.16. The van der Waals surface area contributed by atoms with Crippen molar-refractivity contribution in [3.63, 3.8) is 0 Å². The zero-order chi connectivity index (χ0) is 11.3. The minimum Gasteiger partial charge on any atom is -0.387 e. The van der Waals surface area contributed by atoms with E-state index in [-0.39, 0.29) is 5.91 Å². The molecule has 0 atom stereocenters. The number of aliphatic hydroxyl groups excluding tert-OH is 1. The fourth-order valence-electron chi connectivity index (χ4n) is 1.40. The number of nitrogens with one attached hydrogen (secondary N) is 1. The van der Waals surface area contributed by atoms with E-state index in [1.807, 2.05) is 24.3 Å². The van der Waals surface area contributed by atoms with Crippen LogP contribution in [0.1, 0.15) is 19.4 Å². The van der Waals surface area contributed by atoms with Gasteiger partial charge in [-0.15, -0.1) is 0 Å². The van der Waals surface area contributed by atoms with Crippen LogP contribution in [0.2, 0.25) is 0 Å². The number of amides is 1. The monoisotopic (exact) mass is 207 g/mol. The Labute approximate surface area is 90.1 Å². The van der Waals surface area contributed by atoms with Crippen LogP contribution in [0.3, 0.4) is 0 Å². The van der Waals surface area contributed by atoms with Gasteiger partial charge in [-0.3, -0.25) is 4.79 Å². The summed E-state index contributed by atoms with van der Waals surface area (Å²) in [6, 6.07) is 7.69. The molecule has 1 aromatic carbocycles. The third kappa shape index (κ3) is 4.13. The van der Waals surface area contributed by atoms with E-state index in [1.165, 1.54) is 5.56 Å². The second-order valence-electron chi connectivity index (χ2n) is 4.00. The Morgan fingerprint density at radius 2 is 1.93 bits per heavy atom. The van der Waals surface area contributed by atoms with Crippen LogP contribution in [0.15, 0.2) is 24.3 Å². The number of benzene rings is 1. The number of hydrogen-bond donors (Lipinski definition) is 2. The van der Waals surface area contributed by atoms with Crippen molar-refractivity contribution in [2.45, 2.75) is 20.3 Å². The predicted octanol–water partition coefficient (Wildman–Crippen LogP) is 1.82. The maximum atomic E-state index is 10.9. The van der Waals surface area contributed by atoms with Gasteiger partial charge in [-0.25, -0.2) is 0 Å². The van der Waals surface area contributed by atoms with Crippen molar-refractivity contribution in [2.75, 3.05) is 11.9 Å². The van der Waals surface area contributed by atoms with Gasteiger partial charge in [0.05, 0.1) is 0 Å². The van der Waals surface area contributed by atoms with Crippen molar-refractivity contribution in [3.05, 3.63) is 29.8 Å². The maximum Gasteiger partial charge on any atom is 0.250 e. The summed E-state index contributed by atoms with van der Waals surface area (Å²) in [6.45, 7) is 3.86. The average molecular weight is 207 g/mol. The molecule has 82 valence electrons. The number of carbonyl (C=O) groups excluding carboxylic acids is 1. The van der Waals surface area contributed by atoms with Crippen LogP contribution in [-0.2, 0) is 11.2 Å². The van der Waals surface area contributed by atoms with Crippen molar-refractivity contribution < 1.29 is 9.90 Å². The number of aliphatic hydroxyl groups is 1. The highest BCUT2D eigenvalue weighted by Crippen LogP contribution is 2.12. The highest BCUT2D eigenvalue weighted by molar-refractivity contribution is 5.91. The molecule has 3 heteroatoms. The van der Waals surface area contributed by atoms with Gasteiger partial charge >= 0.3 is 0 Å². The summed E-state index contributed by atoms with van der Waals surface area (Å²) in [6.07, 6.45) is 1.04. The molecule has 0 radical (unpaired) electrons. The fourth-order valence-corrected chi connectivity index (χ4v) is 1.40. The third-order valence-corrected chi connectivity index (χ3v) is 2.03. The van der Waals surface area contributed by atoms with Gasteiger partial charge in [0.15, 0.2) is 0 Å². The predicted molar refractivity (Wildman–Crippen MR) is 60.7 cm³/mol. The number of rotatable bonds is 4. The minimum absolute atomic E-state index is 0.383. The van der Waals surface area contributed by atoms with E-state index >= 15 is 0 Å². The topological polar surface area (TPSA) is 49.3 Å². The van der Waals surface area contributed by atoms with E-state index in [0.29, 0.717) is 5.92 Å². The first kappa shape index (κ1) is 11.7. The van der Waals surface area contributed by atoms with Gasteiger partial charge in [0.2, 0.25) is 5.91 Å². The quantitative estimate of drug-likeness (QED) is 0.791. The molecule has 0 saturated carbocycles. The summed E-state index contributed by atoms with van der Waals surface area (Å²) in [4.78, 5) is 10.9. The standard InChI is InChI=1S/C12H17NO2/c1-9(2)7-10-3-5-11(6-4-10)13-12(15)8-14/h3-6,9,14H,7-8H2,1-2H3,(H,13,15). The normalized spacial score (nSPS) is 10.4. The molecule has 0 aliphatic carbocycles. The van der Waals surface area contributed by atoms with Gasteiger partial charge in [0.25, 0.3) is 0 Å². The lowest BCUT2D eigenvalue weighted by molar-refractivity contribution is -0.118. The molecule has 2 N–H and O–H groups in total. The van der Waals surface area contributed by atoms with E-state index in [9.17, 15) is 4.79 Å². The van der Waals surface area contributed by atoms with Crippen molar-refractivity contribution >= 4 is 11.6 Å². The van der Waals surface area contributed by atoms with E-state index in [2.05, 4.69) is 19.2 Å². The van der Waals surface area contributed by atoms with Gasteiger partial charge in [0.1, 0.15) is 6.61 Å². The molecule has 1 aromatic rings.